The Morgan fingerprint density at radius 1 is 0.869 bits per heavy atom. The molecule has 3 amide bonds. The van der Waals surface area contributed by atoms with Crippen LogP contribution in [-0.2, 0) is 21.4 Å². The van der Waals surface area contributed by atoms with Crippen LogP contribution in [0.2, 0.25) is 0 Å². The first-order chi connectivity index (χ1) is 29.6. The third kappa shape index (κ3) is 12.1. The molecule has 4 fully saturated rings. The largest absolute Gasteiger partial charge is 0.372 e. The number of anilines is 2. The Balaban J connectivity index is 0.000000167. The number of hydrogen-bond donors (Lipinski definition) is 4. The molecule has 3 aromatic heterocycles. The summed E-state index contributed by atoms with van der Waals surface area (Å²) in [5.41, 5.74) is 8.50. The predicted octanol–water partition coefficient (Wildman–Crippen LogP) is 6.37. The lowest BCUT2D eigenvalue weighted by Crippen LogP contribution is -2.43. The van der Waals surface area contributed by atoms with E-state index in [9.17, 15) is 18.8 Å². The molecule has 0 spiro atoms. The number of fused-ring (bicyclic) bond motifs is 1. The third-order valence-corrected chi connectivity index (χ3v) is 11.7. The van der Waals surface area contributed by atoms with Crippen molar-refractivity contribution in [1.82, 2.24) is 34.9 Å². The van der Waals surface area contributed by atoms with E-state index in [1.165, 1.54) is 73.9 Å². The Bertz CT molecular complexity index is 2290. The first-order valence-electron chi connectivity index (χ1n) is 21.6. The second-order valence-corrected chi connectivity index (χ2v) is 16.2. The lowest BCUT2D eigenvalue weighted by molar-refractivity contribution is -0.134. The number of hydrogen-bond acceptors (Lipinski definition) is 10. The highest BCUT2D eigenvalue weighted by Gasteiger charge is 2.31. The van der Waals surface area contributed by atoms with E-state index in [0.717, 1.165) is 61.5 Å². The third-order valence-electron chi connectivity index (χ3n) is 11.7. The molecule has 1 atom stereocenters. The highest BCUT2D eigenvalue weighted by molar-refractivity contribution is 6.02. The summed E-state index contributed by atoms with van der Waals surface area (Å²) in [5.74, 6) is 0.211. The molecule has 2 saturated heterocycles. The van der Waals surface area contributed by atoms with Crippen molar-refractivity contribution in [1.29, 1.82) is 0 Å². The zero-order valence-corrected chi connectivity index (χ0v) is 35.3. The minimum absolute atomic E-state index is 0.141. The molecular weight excluding hydrogens is 776 g/mol. The van der Waals surface area contributed by atoms with Crippen molar-refractivity contribution in [3.8, 4) is 16.9 Å². The van der Waals surface area contributed by atoms with Crippen LogP contribution in [0.3, 0.4) is 0 Å². The first kappa shape index (κ1) is 44.6. The number of imide groups is 1. The Kier molecular flexibility index (Phi) is 16.1. The van der Waals surface area contributed by atoms with Gasteiger partial charge in [-0.25, -0.2) is 14.4 Å². The van der Waals surface area contributed by atoms with E-state index in [-0.39, 0.29) is 35.4 Å². The van der Waals surface area contributed by atoms with Gasteiger partial charge in [-0.1, -0.05) is 76.5 Å². The molecule has 5 heterocycles. The van der Waals surface area contributed by atoms with E-state index < -0.39 is 5.82 Å². The molecule has 15 heteroatoms. The first-order valence-corrected chi connectivity index (χ1v) is 21.6. The molecule has 14 nitrogen and oxygen atoms in total. The summed E-state index contributed by atoms with van der Waals surface area (Å²) >= 11 is 0. The van der Waals surface area contributed by atoms with E-state index in [0.29, 0.717) is 36.1 Å². The fourth-order valence-electron chi connectivity index (χ4n) is 8.42. The van der Waals surface area contributed by atoms with Crippen molar-refractivity contribution in [2.24, 2.45) is 18.7 Å². The Labute approximate surface area is 356 Å². The molecule has 0 bridgehead atoms. The fraction of sp³-hybridized carbons (Fsp3) is 0.457. The van der Waals surface area contributed by atoms with E-state index in [1.807, 2.05) is 17.8 Å². The van der Waals surface area contributed by atoms with Crippen LogP contribution in [0.25, 0.3) is 27.8 Å². The molecule has 1 unspecified atom stereocenters. The molecule has 0 radical (unpaired) electrons. The molecular formula is C46H59FN10O4. The smallest absolute Gasteiger partial charge is 0.255 e. The van der Waals surface area contributed by atoms with Crippen LogP contribution < -0.4 is 32.1 Å². The molecule has 2 aromatic carbocycles. The standard InChI is InChI=1S/C21H21FN4O.C17H21N5O2.C7H14.CH3NO/c22-18-14-23-21(24-16-8-2-1-3-9-16)25-20(18)15-7-6-10-17(13-15)26-12-5-4-11-19(26)27;1-21-14-10-11(22-8-6-18-7-9-22)2-3-12(14)16(20-21)13-4-5-15(23)19-17(13)24;1-7-5-3-2-4-6-7;2-1-3/h4-7,10-14,16H,1-3,8-9H2,(H,23,24,25);2-3,10,13,18H,4-9H2,1H3,(H,19,23,24);7H,2-6H2,1H3;1H,(H2,2,3). The Morgan fingerprint density at radius 3 is 2.26 bits per heavy atom. The summed E-state index contributed by atoms with van der Waals surface area (Å²) in [6, 6.07) is 18.7. The molecule has 61 heavy (non-hydrogen) atoms. The minimum Gasteiger partial charge on any atom is -0.372 e. The number of aromatic nitrogens is 5. The molecule has 4 aliphatic rings. The van der Waals surface area contributed by atoms with Crippen LogP contribution >= 0.6 is 0 Å². The van der Waals surface area contributed by atoms with Gasteiger partial charge in [0.25, 0.3) is 5.56 Å². The van der Waals surface area contributed by atoms with Gasteiger partial charge in [0.15, 0.2) is 5.82 Å². The molecule has 5 aromatic rings. The summed E-state index contributed by atoms with van der Waals surface area (Å²) in [4.78, 5) is 55.1. The van der Waals surface area contributed by atoms with Gasteiger partial charge in [0.1, 0.15) is 5.69 Å². The number of pyridine rings is 1. The normalized spacial score (nSPS) is 18.3. The number of amides is 3. The van der Waals surface area contributed by atoms with Crippen LogP contribution in [0.1, 0.15) is 95.6 Å². The zero-order valence-electron chi connectivity index (χ0n) is 35.3. The van der Waals surface area contributed by atoms with Gasteiger partial charge in [-0.3, -0.25) is 33.7 Å². The molecule has 2 saturated carbocycles. The average molecular weight is 835 g/mol. The van der Waals surface area contributed by atoms with Gasteiger partial charge in [0, 0.05) is 80.3 Å². The van der Waals surface area contributed by atoms with E-state index in [4.69, 9.17) is 4.79 Å². The van der Waals surface area contributed by atoms with Crippen LogP contribution in [0.5, 0.6) is 0 Å². The molecule has 324 valence electrons. The summed E-state index contributed by atoms with van der Waals surface area (Å²) < 4.78 is 17.8. The maximum absolute atomic E-state index is 14.4. The predicted molar refractivity (Wildman–Crippen MR) is 237 cm³/mol. The molecule has 2 aliphatic heterocycles. The number of benzene rings is 2. The quantitative estimate of drug-likeness (QED) is 0.111. The molecule has 9 rings (SSSR count). The Hall–Kier alpha value is -5.96. The number of piperidine rings is 1. The number of primary amides is 1. The van der Waals surface area contributed by atoms with Gasteiger partial charge in [-0.15, -0.1) is 0 Å². The van der Waals surface area contributed by atoms with Gasteiger partial charge < -0.3 is 21.3 Å². The zero-order chi connectivity index (χ0) is 43.1. The van der Waals surface area contributed by atoms with Crippen molar-refractivity contribution in [3.63, 3.8) is 0 Å². The number of rotatable bonds is 6. The van der Waals surface area contributed by atoms with E-state index in [2.05, 4.69) is 66.8 Å². The van der Waals surface area contributed by atoms with E-state index in [1.54, 1.807) is 36.5 Å². The second-order valence-electron chi connectivity index (χ2n) is 16.2. The van der Waals surface area contributed by atoms with Crippen LogP contribution in [0.4, 0.5) is 16.0 Å². The summed E-state index contributed by atoms with van der Waals surface area (Å²) in [5, 5.41) is 14.7. The molecule has 5 N–H and O–H groups in total. The van der Waals surface area contributed by atoms with Gasteiger partial charge in [-0.2, -0.15) is 5.10 Å². The highest BCUT2D eigenvalue weighted by Crippen LogP contribution is 2.32. The van der Waals surface area contributed by atoms with Crippen molar-refractivity contribution >= 4 is 40.8 Å². The van der Waals surface area contributed by atoms with Crippen LogP contribution in [0, 0.1) is 11.7 Å². The molecule has 2 aliphatic carbocycles. The maximum Gasteiger partial charge on any atom is 0.255 e. The number of halogens is 1. The topological polar surface area (TPSA) is 182 Å². The van der Waals surface area contributed by atoms with Gasteiger partial charge in [0.2, 0.25) is 24.2 Å². The van der Waals surface area contributed by atoms with Gasteiger partial charge >= 0.3 is 0 Å². The minimum atomic E-state index is -0.484. The number of carbonyl (C=O) groups excluding carboxylic acids is 3. The monoisotopic (exact) mass is 834 g/mol. The number of nitrogens with zero attached hydrogens (tertiary/aromatic N) is 6. The lowest BCUT2D eigenvalue weighted by atomic mass is 9.91. The van der Waals surface area contributed by atoms with E-state index >= 15 is 0 Å². The summed E-state index contributed by atoms with van der Waals surface area (Å²) in [7, 11) is 1.90. The van der Waals surface area contributed by atoms with Crippen LogP contribution in [-0.4, -0.2) is 74.8 Å². The lowest BCUT2D eigenvalue weighted by Gasteiger charge is -2.29. The van der Waals surface area contributed by atoms with Crippen molar-refractivity contribution in [2.45, 2.75) is 95.9 Å². The van der Waals surface area contributed by atoms with Crippen molar-refractivity contribution < 1.29 is 18.8 Å². The van der Waals surface area contributed by atoms with Gasteiger partial charge in [-0.05, 0) is 61.6 Å². The van der Waals surface area contributed by atoms with Gasteiger partial charge in [0.05, 0.1) is 23.3 Å². The number of carbonyl (C=O) groups is 3. The fourth-order valence-corrected chi connectivity index (χ4v) is 8.42. The number of nitrogens with one attached hydrogen (secondary N) is 3. The van der Waals surface area contributed by atoms with Crippen molar-refractivity contribution in [2.75, 3.05) is 36.4 Å². The number of piperazine rings is 1. The SMILES string of the molecule is CC1CCCCC1.Cn1nc(C2CCC(=O)NC2=O)c2ccc(N3CCNCC3)cc21.NC=O.O=c1ccccn1-c1cccc(-c2nc(NC3CCCCC3)ncc2F)c1. The van der Waals surface area contributed by atoms with Crippen LogP contribution in [0.15, 0.2) is 77.9 Å². The van der Waals surface area contributed by atoms with Crippen molar-refractivity contribution in [3.05, 3.63) is 94.9 Å². The highest BCUT2D eigenvalue weighted by atomic mass is 19.1. The maximum atomic E-state index is 14.4. The average Bonchev–Trinajstić information content (AvgIpc) is 3.61. The second kappa shape index (κ2) is 22.0. The Morgan fingerprint density at radius 2 is 1.59 bits per heavy atom. The summed E-state index contributed by atoms with van der Waals surface area (Å²) in [6.07, 6.45) is 17.3. The number of nitrogens with two attached hydrogens (primary N) is 1. The summed E-state index contributed by atoms with van der Waals surface area (Å²) in [6.45, 7) is 6.32. The number of aryl methyl sites for hydroxylation is 1.